The maximum atomic E-state index is 6.31. The summed E-state index contributed by atoms with van der Waals surface area (Å²) in [5.41, 5.74) is 1.17. The van der Waals surface area contributed by atoms with Crippen LogP contribution in [0.15, 0.2) is 42.4 Å². The highest BCUT2D eigenvalue weighted by atomic mass is 28.4. The van der Waals surface area contributed by atoms with Gasteiger partial charge in [0.05, 0.1) is 0 Å². The van der Waals surface area contributed by atoms with Gasteiger partial charge in [-0.1, -0.05) is 37.3 Å². The largest absolute Gasteiger partial charge is 0.520 e. The number of allylic oxidation sites excluding steroid dienone is 1. The molecule has 0 saturated carbocycles. The average molecular weight is 322 g/mol. The Hall–Kier alpha value is -1.26. The highest BCUT2D eigenvalue weighted by molar-refractivity contribution is 6.69. The smallest absolute Gasteiger partial charge is 0.261 e. The Morgan fingerprint density at radius 1 is 1.18 bits per heavy atom. The molecule has 0 aromatic heterocycles. The molecule has 124 valence electrons. The molecule has 0 heterocycles. The summed E-state index contributed by atoms with van der Waals surface area (Å²) in [5.74, 6) is 0.671. The summed E-state index contributed by atoms with van der Waals surface area (Å²) in [6.07, 6.45) is 2.89. The number of nitrogens with zero attached hydrogens (tertiary/aromatic N) is 1. The third-order valence-electron chi connectivity index (χ3n) is 3.40. The molecule has 2 atom stereocenters. The molecule has 22 heavy (non-hydrogen) atoms. The van der Waals surface area contributed by atoms with Crippen molar-refractivity contribution >= 4 is 8.32 Å². The Morgan fingerprint density at radius 3 is 2.23 bits per heavy atom. The molecule has 0 fully saturated rings. The lowest BCUT2D eigenvalue weighted by Crippen LogP contribution is -2.34. The van der Waals surface area contributed by atoms with E-state index < -0.39 is 8.32 Å². The number of ether oxygens (including phenoxy) is 1. The van der Waals surface area contributed by atoms with Crippen LogP contribution < -0.4 is 0 Å². The van der Waals surface area contributed by atoms with Gasteiger partial charge in [-0.25, -0.2) is 0 Å². The zero-order valence-corrected chi connectivity index (χ0v) is 16.1. The van der Waals surface area contributed by atoms with E-state index in [1.54, 1.807) is 0 Å². The Bertz CT molecular complexity index is 466. The van der Waals surface area contributed by atoms with Crippen molar-refractivity contribution in [3.63, 3.8) is 0 Å². The van der Waals surface area contributed by atoms with Crippen molar-refractivity contribution < 1.29 is 9.16 Å². The van der Waals surface area contributed by atoms with Gasteiger partial charge in [0, 0.05) is 6.04 Å². The predicted octanol–water partition coefficient (Wildman–Crippen LogP) is 4.80. The molecule has 0 aliphatic rings. The van der Waals surface area contributed by atoms with Gasteiger partial charge in [-0.05, 0) is 58.7 Å². The van der Waals surface area contributed by atoms with Gasteiger partial charge >= 0.3 is 0 Å². The maximum absolute atomic E-state index is 6.31. The molecule has 0 radical (unpaired) electrons. The van der Waals surface area contributed by atoms with Crippen LogP contribution >= 0.6 is 0 Å². The van der Waals surface area contributed by atoms with Gasteiger partial charge in [0.1, 0.15) is 6.10 Å². The molecule has 0 aliphatic carbocycles. The Morgan fingerprint density at radius 2 is 1.77 bits per heavy atom. The summed E-state index contributed by atoms with van der Waals surface area (Å²) in [6, 6.07) is 10.6. The minimum atomic E-state index is -1.69. The zero-order valence-electron chi connectivity index (χ0n) is 15.1. The number of benzene rings is 1. The number of hydrogen-bond donors (Lipinski definition) is 0. The monoisotopic (exact) mass is 321 g/mol. The summed E-state index contributed by atoms with van der Waals surface area (Å²) in [7, 11) is 2.46. The molecule has 3 nitrogen and oxygen atoms in total. The minimum absolute atomic E-state index is 0.0506. The summed E-state index contributed by atoms with van der Waals surface area (Å²) in [5, 5.41) is 0. The fraction of sp³-hybridized carbons (Fsp3) is 0.556. The molecule has 0 amide bonds. The lowest BCUT2D eigenvalue weighted by molar-refractivity contribution is -0.00349. The second-order valence-corrected chi connectivity index (χ2v) is 11.2. The molecular weight excluding hydrogens is 290 g/mol. The van der Waals surface area contributed by atoms with E-state index in [4.69, 9.17) is 9.16 Å². The summed E-state index contributed by atoms with van der Waals surface area (Å²) in [4.78, 5) is 2.18. The van der Waals surface area contributed by atoms with E-state index in [2.05, 4.69) is 76.7 Å². The van der Waals surface area contributed by atoms with Crippen molar-refractivity contribution in [2.45, 2.75) is 52.1 Å². The maximum Gasteiger partial charge on any atom is 0.261 e. The number of rotatable bonds is 8. The Kier molecular flexibility index (Phi) is 7.16. The molecule has 1 aromatic rings. The first kappa shape index (κ1) is 18.8. The molecule has 0 bridgehead atoms. The molecular formula is C18H31NO2Si. The van der Waals surface area contributed by atoms with Crippen molar-refractivity contribution in [2.24, 2.45) is 0 Å². The van der Waals surface area contributed by atoms with E-state index in [-0.39, 0.29) is 12.1 Å². The van der Waals surface area contributed by atoms with Crippen LogP contribution in [-0.4, -0.2) is 33.4 Å². The van der Waals surface area contributed by atoms with Crippen molar-refractivity contribution in [1.82, 2.24) is 4.90 Å². The fourth-order valence-corrected chi connectivity index (χ4v) is 2.80. The van der Waals surface area contributed by atoms with E-state index in [0.717, 1.165) is 6.42 Å². The van der Waals surface area contributed by atoms with Crippen molar-refractivity contribution in [2.75, 3.05) is 14.1 Å². The van der Waals surface area contributed by atoms with E-state index in [1.165, 1.54) is 5.56 Å². The van der Waals surface area contributed by atoms with Crippen molar-refractivity contribution in [1.29, 1.82) is 0 Å². The normalized spacial score (nSPS) is 15.5. The molecule has 0 saturated heterocycles. The summed E-state index contributed by atoms with van der Waals surface area (Å²) in [6.45, 7) is 10.8. The standard InChI is InChI=1S/C18H31NO2Si/c1-8-12-17(21-22(5,6)7)20-18(15(2)19(3)4)16-13-10-9-11-14-16/h9-15,18H,8H2,1-7H3/b17-12+/t15-,18-/m0/s1. The molecule has 0 unspecified atom stereocenters. The molecule has 0 aliphatic heterocycles. The van der Waals surface area contributed by atoms with Crippen LogP contribution in [0.5, 0.6) is 0 Å². The van der Waals surface area contributed by atoms with Gasteiger partial charge in [0.2, 0.25) is 8.32 Å². The van der Waals surface area contributed by atoms with Crippen LogP contribution in [0.4, 0.5) is 0 Å². The van der Waals surface area contributed by atoms with Gasteiger partial charge in [-0.15, -0.1) is 0 Å². The molecule has 1 rings (SSSR count). The molecule has 0 spiro atoms. The molecule has 0 N–H and O–H groups in total. The van der Waals surface area contributed by atoms with Gasteiger partial charge in [0.25, 0.3) is 5.95 Å². The quantitative estimate of drug-likeness (QED) is 0.507. The van der Waals surface area contributed by atoms with Crippen molar-refractivity contribution in [3.05, 3.63) is 47.9 Å². The third kappa shape index (κ3) is 6.24. The van der Waals surface area contributed by atoms with Gasteiger partial charge < -0.3 is 14.1 Å². The van der Waals surface area contributed by atoms with E-state index in [0.29, 0.717) is 5.95 Å². The summed E-state index contributed by atoms with van der Waals surface area (Å²) >= 11 is 0. The predicted molar refractivity (Wildman–Crippen MR) is 96.2 cm³/mol. The van der Waals surface area contributed by atoms with E-state index in [9.17, 15) is 0 Å². The molecule has 1 aromatic carbocycles. The lowest BCUT2D eigenvalue weighted by atomic mass is 10.0. The SMILES string of the molecule is CC/C=C(\O[C@H](c1ccccc1)[C@H](C)N(C)C)O[Si](C)(C)C. The van der Waals surface area contributed by atoms with Crippen LogP contribution in [0.1, 0.15) is 31.9 Å². The Labute approximate surface area is 137 Å². The second kappa shape index (κ2) is 8.39. The highest BCUT2D eigenvalue weighted by Gasteiger charge is 2.26. The second-order valence-electron chi connectivity index (χ2n) is 6.80. The van der Waals surface area contributed by atoms with Crippen LogP contribution in [0.2, 0.25) is 19.6 Å². The Balaban J connectivity index is 3.03. The molecule has 4 heteroatoms. The first-order valence-electron chi connectivity index (χ1n) is 8.01. The van der Waals surface area contributed by atoms with Crippen molar-refractivity contribution in [3.8, 4) is 0 Å². The van der Waals surface area contributed by atoms with Crippen LogP contribution in [0, 0.1) is 0 Å². The topological polar surface area (TPSA) is 21.7 Å². The van der Waals surface area contributed by atoms with Gasteiger partial charge in [0.15, 0.2) is 0 Å². The third-order valence-corrected chi connectivity index (χ3v) is 4.22. The summed E-state index contributed by atoms with van der Waals surface area (Å²) < 4.78 is 12.4. The van der Waals surface area contributed by atoms with Crippen LogP contribution in [0.3, 0.4) is 0 Å². The lowest BCUT2D eigenvalue weighted by Gasteiger charge is -2.32. The zero-order chi connectivity index (χ0) is 16.8. The van der Waals surface area contributed by atoms with Gasteiger partial charge in [-0.2, -0.15) is 0 Å². The first-order chi connectivity index (χ1) is 10.2. The van der Waals surface area contributed by atoms with Crippen LogP contribution in [0.25, 0.3) is 0 Å². The minimum Gasteiger partial charge on any atom is -0.520 e. The van der Waals surface area contributed by atoms with E-state index in [1.807, 2.05) is 12.1 Å². The first-order valence-corrected chi connectivity index (χ1v) is 11.4. The average Bonchev–Trinajstić information content (AvgIpc) is 2.43. The fourth-order valence-electron chi connectivity index (χ4n) is 2.07. The van der Waals surface area contributed by atoms with Gasteiger partial charge in [-0.3, -0.25) is 0 Å². The number of likely N-dealkylation sites (N-methyl/N-ethyl adjacent to an activating group) is 1. The van der Waals surface area contributed by atoms with E-state index >= 15 is 0 Å². The van der Waals surface area contributed by atoms with Crippen LogP contribution in [-0.2, 0) is 9.16 Å². The number of hydrogen-bond acceptors (Lipinski definition) is 3. The highest BCUT2D eigenvalue weighted by Crippen LogP contribution is 2.28.